The van der Waals surface area contributed by atoms with Gasteiger partial charge in [0.25, 0.3) is 0 Å². The van der Waals surface area contributed by atoms with E-state index in [1.807, 2.05) is 24.3 Å². The van der Waals surface area contributed by atoms with Crippen LogP contribution in [0.25, 0.3) is 0 Å². The molecule has 1 radical (unpaired) electrons. The van der Waals surface area contributed by atoms with E-state index in [0.717, 1.165) is 11.4 Å². The van der Waals surface area contributed by atoms with Crippen LogP contribution in [0.15, 0.2) is 24.3 Å². The molecule has 1 rings (SSSR count). The third-order valence-electron chi connectivity index (χ3n) is 1.86. The van der Waals surface area contributed by atoms with E-state index in [1.165, 1.54) is 5.56 Å². The van der Waals surface area contributed by atoms with Crippen molar-refractivity contribution in [3.05, 3.63) is 41.8 Å². The summed E-state index contributed by atoms with van der Waals surface area (Å²) in [5.41, 5.74) is 6.63. The average molecular weight is 183 g/mol. The van der Waals surface area contributed by atoms with Gasteiger partial charge in [0.2, 0.25) is 0 Å². The summed E-state index contributed by atoms with van der Waals surface area (Å²) in [7, 11) is 0. The largest absolute Gasteiger partial charge is 0.330 e. The lowest BCUT2D eigenvalue weighted by Crippen LogP contribution is -2.04. The molecule has 0 aliphatic heterocycles. The predicted octanol–water partition coefficient (Wildman–Crippen LogP) is 2.61. The van der Waals surface area contributed by atoms with Crippen molar-refractivity contribution in [3.63, 3.8) is 0 Å². The molecule has 0 aliphatic carbocycles. The molecule has 2 heteroatoms. The van der Waals surface area contributed by atoms with Crippen molar-refractivity contribution in [1.82, 2.24) is 0 Å². The summed E-state index contributed by atoms with van der Waals surface area (Å²) in [5.74, 6) is 0.285. The van der Waals surface area contributed by atoms with Crippen LogP contribution in [-0.2, 0) is 0 Å². The highest BCUT2D eigenvalue weighted by molar-refractivity contribution is 6.30. The molecule has 1 unspecified atom stereocenters. The number of benzene rings is 1. The second-order valence-electron chi connectivity index (χ2n) is 2.83. The number of halogens is 1. The topological polar surface area (TPSA) is 26.0 Å². The Kier molecular flexibility index (Phi) is 3.57. The first-order valence-electron chi connectivity index (χ1n) is 4.02. The zero-order valence-electron chi connectivity index (χ0n) is 6.96. The SMILES string of the molecule is [CH2]C(CCN)c1ccc(Cl)cc1. The fourth-order valence-corrected chi connectivity index (χ4v) is 1.23. The Bertz CT molecular complexity index is 230. The molecule has 0 aliphatic rings. The first-order valence-corrected chi connectivity index (χ1v) is 4.40. The smallest absolute Gasteiger partial charge is 0.0406 e. The summed E-state index contributed by atoms with van der Waals surface area (Å²) in [6.07, 6.45) is 0.918. The maximum absolute atomic E-state index is 5.75. The molecule has 0 aromatic heterocycles. The van der Waals surface area contributed by atoms with Crippen molar-refractivity contribution in [3.8, 4) is 0 Å². The minimum atomic E-state index is 0.285. The molecule has 0 fully saturated rings. The van der Waals surface area contributed by atoms with Gasteiger partial charge in [-0.15, -0.1) is 0 Å². The van der Waals surface area contributed by atoms with Crippen molar-refractivity contribution in [2.45, 2.75) is 12.3 Å². The van der Waals surface area contributed by atoms with Gasteiger partial charge in [-0.25, -0.2) is 0 Å². The van der Waals surface area contributed by atoms with Crippen LogP contribution in [0.3, 0.4) is 0 Å². The highest BCUT2D eigenvalue weighted by Crippen LogP contribution is 2.19. The summed E-state index contributed by atoms with van der Waals surface area (Å²) < 4.78 is 0. The first kappa shape index (κ1) is 9.56. The monoisotopic (exact) mass is 182 g/mol. The van der Waals surface area contributed by atoms with Gasteiger partial charge in [-0.05, 0) is 43.5 Å². The second kappa shape index (κ2) is 4.48. The Morgan fingerprint density at radius 2 is 1.92 bits per heavy atom. The van der Waals surface area contributed by atoms with Gasteiger partial charge in [-0.2, -0.15) is 0 Å². The molecule has 0 saturated carbocycles. The number of rotatable bonds is 3. The van der Waals surface area contributed by atoms with Crippen LogP contribution in [0.2, 0.25) is 5.02 Å². The molecule has 1 aromatic rings. The van der Waals surface area contributed by atoms with Crippen LogP contribution in [0, 0.1) is 6.92 Å². The fraction of sp³-hybridized carbons (Fsp3) is 0.300. The van der Waals surface area contributed by atoms with E-state index < -0.39 is 0 Å². The standard InChI is InChI=1S/C10H13ClN/c1-8(6-7-12)9-2-4-10(11)5-3-9/h2-5,8H,1,6-7,12H2. The lowest BCUT2D eigenvalue weighted by molar-refractivity contribution is 0.744. The Morgan fingerprint density at radius 3 is 2.42 bits per heavy atom. The predicted molar refractivity (Wildman–Crippen MR) is 53.2 cm³/mol. The number of hydrogen-bond donors (Lipinski definition) is 1. The summed E-state index contributed by atoms with van der Waals surface area (Å²) in [6, 6.07) is 7.75. The van der Waals surface area contributed by atoms with Gasteiger partial charge in [0.1, 0.15) is 0 Å². The van der Waals surface area contributed by atoms with Crippen molar-refractivity contribution in [1.29, 1.82) is 0 Å². The third kappa shape index (κ3) is 2.50. The lowest BCUT2D eigenvalue weighted by atomic mass is 9.98. The maximum atomic E-state index is 5.75. The van der Waals surface area contributed by atoms with Crippen LogP contribution in [-0.4, -0.2) is 6.54 Å². The van der Waals surface area contributed by atoms with Gasteiger partial charge in [0, 0.05) is 5.02 Å². The summed E-state index contributed by atoms with van der Waals surface area (Å²) in [6.45, 7) is 4.68. The van der Waals surface area contributed by atoms with E-state index >= 15 is 0 Å². The van der Waals surface area contributed by atoms with Crippen molar-refractivity contribution in [2.24, 2.45) is 5.73 Å². The molecule has 0 amide bonds. The molecule has 0 bridgehead atoms. The van der Waals surface area contributed by atoms with E-state index in [1.54, 1.807) is 0 Å². The summed E-state index contributed by atoms with van der Waals surface area (Å²) in [4.78, 5) is 0. The van der Waals surface area contributed by atoms with Gasteiger partial charge < -0.3 is 5.73 Å². The second-order valence-corrected chi connectivity index (χ2v) is 3.26. The molecular formula is C10H13ClN. The highest BCUT2D eigenvalue weighted by Gasteiger charge is 2.02. The Hall–Kier alpha value is -0.530. The first-order chi connectivity index (χ1) is 5.74. The normalized spacial score (nSPS) is 12.9. The average Bonchev–Trinajstić information content (AvgIpc) is 2.06. The lowest BCUT2D eigenvalue weighted by Gasteiger charge is -2.09. The minimum absolute atomic E-state index is 0.285. The van der Waals surface area contributed by atoms with E-state index in [9.17, 15) is 0 Å². The Morgan fingerprint density at radius 1 is 1.33 bits per heavy atom. The quantitative estimate of drug-likeness (QED) is 0.764. The molecule has 0 saturated heterocycles. The van der Waals surface area contributed by atoms with Crippen LogP contribution >= 0.6 is 11.6 Å². The van der Waals surface area contributed by atoms with Crippen LogP contribution in [0.1, 0.15) is 17.9 Å². The van der Waals surface area contributed by atoms with Crippen molar-refractivity contribution < 1.29 is 0 Å². The molecule has 1 nitrogen and oxygen atoms in total. The number of nitrogens with two attached hydrogens (primary N) is 1. The molecule has 12 heavy (non-hydrogen) atoms. The van der Waals surface area contributed by atoms with Crippen molar-refractivity contribution >= 4 is 11.6 Å². The van der Waals surface area contributed by atoms with Crippen LogP contribution in [0.5, 0.6) is 0 Å². The zero-order chi connectivity index (χ0) is 8.97. The molecule has 0 spiro atoms. The zero-order valence-corrected chi connectivity index (χ0v) is 7.72. The summed E-state index contributed by atoms with van der Waals surface area (Å²) in [5, 5.41) is 0.763. The Labute approximate surface area is 78.5 Å². The van der Waals surface area contributed by atoms with E-state index in [4.69, 9.17) is 17.3 Å². The van der Waals surface area contributed by atoms with Gasteiger partial charge in [0.15, 0.2) is 0 Å². The minimum Gasteiger partial charge on any atom is -0.330 e. The van der Waals surface area contributed by atoms with Gasteiger partial charge in [-0.1, -0.05) is 23.7 Å². The molecule has 2 N–H and O–H groups in total. The molecule has 65 valence electrons. The Balaban J connectivity index is 2.68. The van der Waals surface area contributed by atoms with E-state index in [2.05, 4.69) is 6.92 Å². The molecular weight excluding hydrogens is 170 g/mol. The molecule has 1 aromatic carbocycles. The fourth-order valence-electron chi connectivity index (χ4n) is 1.10. The van der Waals surface area contributed by atoms with E-state index in [-0.39, 0.29) is 5.92 Å². The van der Waals surface area contributed by atoms with Crippen molar-refractivity contribution in [2.75, 3.05) is 6.54 Å². The maximum Gasteiger partial charge on any atom is 0.0406 e. The highest BCUT2D eigenvalue weighted by atomic mass is 35.5. The number of hydrogen-bond acceptors (Lipinski definition) is 1. The third-order valence-corrected chi connectivity index (χ3v) is 2.11. The molecule has 1 atom stereocenters. The van der Waals surface area contributed by atoms with Gasteiger partial charge in [-0.3, -0.25) is 0 Å². The van der Waals surface area contributed by atoms with E-state index in [0.29, 0.717) is 6.54 Å². The van der Waals surface area contributed by atoms with Gasteiger partial charge in [0.05, 0.1) is 0 Å². The van der Waals surface area contributed by atoms with Crippen LogP contribution < -0.4 is 5.73 Å². The van der Waals surface area contributed by atoms with Gasteiger partial charge >= 0.3 is 0 Å². The summed E-state index contributed by atoms with van der Waals surface area (Å²) >= 11 is 5.75. The molecule has 0 heterocycles. The van der Waals surface area contributed by atoms with Crippen LogP contribution in [0.4, 0.5) is 0 Å².